The van der Waals surface area contributed by atoms with Crippen LogP contribution in [0.3, 0.4) is 0 Å². The van der Waals surface area contributed by atoms with E-state index in [1.54, 1.807) is 0 Å². The van der Waals surface area contributed by atoms with Crippen molar-refractivity contribution in [2.75, 3.05) is 0 Å². The van der Waals surface area contributed by atoms with Crippen molar-refractivity contribution in [2.45, 2.75) is 0 Å². The molecule has 0 nitrogen and oxygen atoms in total. The van der Waals surface area contributed by atoms with Gasteiger partial charge in [0.25, 0.3) is 0 Å². The van der Waals surface area contributed by atoms with E-state index in [0.29, 0.717) is 0 Å². The first kappa shape index (κ1) is 83.3. The van der Waals surface area contributed by atoms with Gasteiger partial charge in [-0.25, -0.2) is 0 Å². The van der Waals surface area contributed by atoms with E-state index >= 15 is 0 Å². The van der Waals surface area contributed by atoms with Gasteiger partial charge in [-0.2, -0.15) is 67.5 Å². The molecular weight excluding hydrogens is 235 g/mol. The van der Waals surface area contributed by atoms with Gasteiger partial charge >= 0.3 is 18.0 Å². The predicted molar refractivity (Wildman–Crippen MR) is 61.8 cm³/mol. The van der Waals surface area contributed by atoms with Crippen LogP contribution in [0.1, 0.15) is 0 Å². The molecule has 0 radical (unpaired) electrons. The minimum atomic E-state index is 0. The Balaban J connectivity index is 0. The Morgan fingerprint density at radius 2 is 0.333 bits per heavy atom. The molecule has 0 aliphatic heterocycles. The third-order valence-electron chi connectivity index (χ3n) is 0. The maximum absolute atomic E-state index is 0. The minimum absolute atomic E-state index is 0. The van der Waals surface area contributed by atoms with Gasteiger partial charge in [0.15, 0.2) is 0 Å². The molecule has 0 aromatic carbocycles. The molecule has 0 spiro atoms. The number of hydrogen-bond donors (Lipinski definition) is 0. The van der Waals surface area contributed by atoms with Crippen LogP contribution in [0.2, 0.25) is 0 Å². The molecule has 0 bridgehead atoms. The van der Waals surface area contributed by atoms with Gasteiger partial charge in [0.05, 0.1) is 0 Å². The van der Waals surface area contributed by atoms with Crippen LogP contribution in [-0.4, -0.2) is 18.0 Å². The molecule has 48 valence electrons. The van der Waals surface area contributed by atoms with Gasteiger partial charge < -0.3 is 0 Å². The monoisotopic (exact) mass is 248 g/mol. The Kier molecular flexibility index (Phi) is 758. The zero-order valence-corrected chi connectivity index (χ0v) is 11.2. The van der Waals surface area contributed by atoms with E-state index in [2.05, 4.69) is 0 Å². The molecule has 0 saturated carbocycles. The second kappa shape index (κ2) is 54.6. The first-order valence-corrected chi connectivity index (χ1v) is 0. The molecule has 0 amide bonds. The molecule has 0 rings (SSSR count). The van der Waals surface area contributed by atoms with Gasteiger partial charge in [-0.1, -0.05) is 0 Å². The third-order valence-corrected chi connectivity index (χ3v) is 0. The molecule has 0 aliphatic rings. The molecular formula is H13AsS5. The summed E-state index contributed by atoms with van der Waals surface area (Å²) in [7, 11) is 0. The van der Waals surface area contributed by atoms with E-state index in [4.69, 9.17) is 0 Å². The van der Waals surface area contributed by atoms with Crippen molar-refractivity contribution in [1.29, 1.82) is 0 Å². The zero-order valence-electron chi connectivity index (χ0n) is 3.21. The van der Waals surface area contributed by atoms with Crippen LogP contribution < -0.4 is 0 Å². The summed E-state index contributed by atoms with van der Waals surface area (Å²) < 4.78 is 0. The van der Waals surface area contributed by atoms with Crippen LogP contribution in [0, 0.1) is 0 Å². The molecule has 6 heteroatoms. The normalized spacial score (nSPS) is 0. The number of rotatable bonds is 0. The van der Waals surface area contributed by atoms with Gasteiger partial charge in [-0.3, -0.25) is 0 Å². The Labute approximate surface area is 84.8 Å². The van der Waals surface area contributed by atoms with E-state index in [9.17, 15) is 0 Å². The Morgan fingerprint density at radius 3 is 0.333 bits per heavy atom. The van der Waals surface area contributed by atoms with Crippen molar-refractivity contribution in [3.05, 3.63) is 0 Å². The molecule has 1 atom stereocenters. The van der Waals surface area contributed by atoms with Crippen LogP contribution in [0.25, 0.3) is 0 Å². The molecule has 0 saturated heterocycles. The van der Waals surface area contributed by atoms with Crippen molar-refractivity contribution in [3.8, 4) is 0 Å². The van der Waals surface area contributed by atoms with E-state index in [-0.39, 0.29) is 85.4 Å². The van der Waals surface area contributed by atoms with Crippen LogP contribution >= 0.6 is 67.5 Å². The summed E-state index contributed by atoms with van der Waals surface area (Å²) in [5.74, 6) is 0. The first-order chi connectivity index (χ1) is 0. The fraction of sp³-hybridized carbons (Fsp3) is 0. The fourth-order valence-corrected chi connectivity index (χ4v) is 0. The van der Waals surface area contributed by atoms with Gasteiger partial charge in [-0.05, 0) is 0 Å². The molecule has 0 fully saturated rings. The third kappa shape index (κ3) is 33.4. The topological polar surface area (TPSA) is 0 Å². The van der Waals surface area contributed by atoms with E-state index in [0.717, 1.165) is 0 Å². The maximum atomic E-state index is 0. The van der Waals surface area contributed by atoms with Crippen molar-refractivity contribution >= 4 is 85.4 Å². The van der Waals surface area contributed by atoms with Crippen LogP contribution in [0.15, 0.2) is 0 Å². The summed E-state index contributed by atoms with van der Waals surface area (Å²) in [6.45, 7) is 0. The average molecular weight is 248 g/mol. The summed E-state index contributed by atoms with van der Waals surface area (Å²) in [4.78, 5) is 0. The van der Waals surface area contributed by atoms with Crippen molar-refractivity contribution < 1.29 is 0 Å². The van der Waals surface area contributed by atoms with E-state index in [1.807, 2.05) is 0 Å². The average Bonchev–Trinajstić information content (AvgIpc) is 0. The standard InChI is InChI=1S/AsH3.5H2S/h1H3;5*1H2. The van der Waals surface area contributed by atoms with Crippen molar-refractivity contribution in [1.82, 2.24) is 0 Å². The summed E-state index contributed by atoms with van der Waals surface area (Å²) in [6.07, 6.45) is 0. The van der Waals surface area contributed by atoms with Crippen molar-refractivity contribution in [2.24, 2.45) is 0 Å². The summed E-state index contributed by atoms with van der Waals surface area (Å²) >= 11 is 0. The SMILES string of the molecule is S.S.S.S.S.[AsH3]. The van der Waals surface area contributed by atoms with Crippen LogP contribution in [0.5, 0.6) is 0 Å². The second-order valence-corrected chi connectivity index (χ2v) is 0. The Morgan fingerprint density at radius 1 is 0.333 bits per heavy atom. The number of hydrogen-bond acceptors (Lipinski definition) is 0. The molecule has 0 aromatic heterocycles. The fourth-order valence-electron chi connectivity index (χ4n) is 0. The second-order valence-electron chi connectivity index (χ2n) is 0. The first-order valence-electron chi connectivity index (χ1n) is 0. The molecule has 0 aliphatic carbocycles. The summed E-state index contributed by atoms with van der Waals surface area (Å²) in [5, 5.41) is 0. The Hall–Kier alpha value is 2.31. The van der Waals surface area contributed by atoms with E-state index in [1.165, 1.54) is 0 Å². The Bertz CT molecular complexity index is 3.90. The van der Waals surface area contributed by atoms with E-state index < -0.39 is 0 Å². The van der Waals surface area contributed by atoms with Gasteiger partial charge in [-0.15, -0.1) is 0 Å². The predicted octanol–water partition coefficient (Wildman–Crippen LogP) is -0.620. The van der Waals surface area contributed by atoms with Gasteiger partial charge in [0, 0.05) is 0 Å². The van der Waals surface area contributed by atoms with Gasteiger partial charge in [0.2, 0.25) is 0 Å². The summed E-state index contributed by atoms with van der Waals surface area (Å²) in [6, 6.07) is 0. The molecule has 0 N–H and O–H groups in total. The van der Waals surface area contributed by atoms with Crippen molar-refractivity contribution in [3.63, 3.8) is 0 Å². The molecule has 0 heterocycles. The van der Waals surface area contributed by atoms with Gasteiger partial charge in [0.1, 0.15) is 0 Å². The summed E-state index contributed by atoms with van der Waals surface area (Å²) in [5.41, 5.74) is 0. The van der Waals surface area contributed by atoms with Crippen LogP contribution in [0.4, 0.5) is 0 Å². The molecule has 1 unspecified atom stereocenters. The van der Waals surface area contributed by atoms with Crippen LogP contribution in [-0.2, 0) is 0 Å². The molecule has 6 heavy (non-hydrogen) atoms. The zero-order chi connectivity index (χ0) is 0. The quantitative estimate of drug-likeness (QED) is 0.501. The molecule has 0 aromatic rings.